The molecule has 2 heterocycles. The van der Waals surface area contributed by atoms with E-state index in [9.17, 15) is 0 Å². The zero-order valence-corrected chi connectivity index (χ0v) is 7.38. The predicted molar refractivity (Wildman–Crippen MR) is 46.9 cm³/mol. The molecule has 2 N–H and O–H groups in total. The topological polar surface area (TPSA) is 58.7 Å². The number of allylic oxidation sites excluding steroid dienone is 3. The van der Waals surface area contributed by atoms with E-state index in [0.717, 1.165) is 5.57 Å². The molecule has 2 aliphatic heterocycles. The fourth-order valence-electron chi connectivity index (χ4n) is 1.08. The van der Waals surface area contributed by atoms with Crippen molar-refractivity contribution in [1.82, 2.24) is 10.3 Å². The molecule has 0 fully saturated rings. The third-order valence-electron chi connectivity index (χ3n) is 1.78. The van der Waals surface area contributed by atoms with E-state index in [4.69, 9.17) is 0 Å². The van der Waals surface area contributed by atoms with Crippen molar-refractivity contribution in [2.24, 2.45) is 10.2 Å². The summed E-state index contributed by atoms with van der Waals surface area (Å²) in [6, 6.07) is 0. The fraction of sp³-hybridized carbons (Fsp3) is 0.250. The summed E-state index contributed by atoms with van der Waals surface area (Å²) in [5.41, 5.74) is 6.91. The number of hydrogen-bond acceptors (Lipinski definition) is 3. The summed E-state index contributed by atoms with van der Waals surface area (Å²) in [6.07, 6.45) is 7.86. The van der Waals surface area contributed by atoms with Gasteiger partial charge in [-0.1, -0.05) is 5.43 Å². The Kier molecular flexibility index (Phi) is 2.09. The first-order chi connectivity index (χ1) is 6.36. The second-order valence-electron chi connectivity index (χ2n) is 2.81. The molecular formula is C8H11N5+. The van der Waals surface area contributed by atoms with Crippen molar-refractivity contribution in [3.8, 4) is 0 Å². The normalized spacial score (nSPS) is 20.8. The molecule has 0 saturated carbocycles. The number of rotatable bonds is 0. The zero-order valence-electron chi connectivity index (χ0n) is 7.38. The molecule has 0 aromatic carbocycles. The molecule has 0 aromatic heterocycles. The number of azo groups is 1. The molecule has 5 heteroatoms. The lowest BCUT2D eigenvalue weighted by Gasteiger charge is -2.13. The third kappa shape index (κ3) is 1.75. The van der Waals surface area contributed by atoms with E-state index in [1.807, 2.05) is 36.5 Å². The van der Waals surface area contributed by atoms with Gasteiger partial charge in [0.2, 0.25) is 12.5 Å². The van der Waals surface area contributed by atoms with E-state index >= 15 is 0 Å². The van der Waals surface area contributed by atoms with Gasteiger partial charge in [-0.15, -0.1) is 10.2 Å². The van der Waals surface area contributed by atoms with E-state index < -0.39 is 0 Å². The van der Waals surface area contributed by atoms with Crippen molar-refractivity contribution in [3.63, 3.8) is 0 Å². The van der Waals surface area contributed by atoms with E-state index in [1.165, 1.54) is 0 Å². The second kappa shape index (κ2) is 3.40. The zero-order chi connectivity index (χ0) is 9.10. The Balaban J connectivity index is 2.24. The van der Waals surface area contributed by atoms with E-state index in [-0.39, 0.29) is 0 Å². The molecule has 2 aliphatic rings. The van der Waals surface area contributed by atoms with Gasteiger partial charge in [0.25, 0.3) is 0 Å². The van der Waals surface area contributed by atoms with Gasteiger partial charge in [-0.25, -0.2) is 0 Å². The van der Waals surface area contributed by atoms with Crippen LogP contribution < -0.4 is 10.9 Å². The van der Waals surface area contributed by atoms with Crippen LogP contribution in [0.3, 0.4) is 0 Å². The predicted octanol–water partition coefficient (Wildman–Crippen LogP) is -0.323. The molecular weight excluding hydrogens is 166 g/mol. The summed E-state index contributed by atoms with van der Waals surface area (Å²) in [6.45, 7) is 0.587. The summed E-state index contributed by atoms with van der Waals surface area (Å²) in [5, 5.41) is 7.85. The van der Waals surface area contributed by atoms with Gasteiger partial charge >= 0.3 is 0 Å². The van der Waals surface area contributed by atoms with Crippen LogP contribution in [0, 0.1) is 0 Å². The molecule has 67 valence electrons. The summed E-state index contributed by atoms with van der Waals surface area (Å²) < 4.78 is 0. The Hall–Kier alpha value is -1.62. The Labute approximate surface area is 76.5 Å². The molecule has 1 radical (unpaired) electrons. The van der Waals surface area contributed by atoms with Gasteiger partial charge in [0.05, 0.1) is 0 Å². The van der Waals surface area contributed by atoms with E-state index in [2.05, 4.69) is 15.7 Å². The van der Waals surface area contributed by atoms with Gasteiger partial charge < -0.3 is 4.90 Å². The van der Waals surface area contributed by atoms with E-state index in [0.29, 0.717) is 12.5 Å². The lowest BCUT2D eigenvalue weighted by Crippen LogP contribution is -2.89. The Morgan fingerprint density at radius 3 is 2.77 bits per heavy atom. The number of nitrogens with zero attached hydrogens (tertiary/aromatic N) is 4. The van der Waals surface area contributed by atoms with Crippen LogP contribution in [0.25, 0.3) is 0 Å². The number of quaternary nitrogens is 1. The minimum Gasteiger partial charge on any atom is -0.357 e. The lowest BCUT2D eigenvalue weighted by molar-refractivity contribution is -0.712. The van der Waals surface area contributed by atoms with Crippen LogP contribution in [-0.2, 0) is 0 Å². The third-order valence-corrected chi connectivity index (χ3v) is 1.78. The average molecular weight is 177 g/mol. The summed E-state index contributed by atoms with van der Waals surface area (Å²) >= 11 is 0. The maximum atomic E-state index is 4.15. The van der Waals surface area contributed by atoms with Gasteiger partial charge in [-0.05, 0) is 12.2 Å². The second-order valence-corrected chi connectivity index (χ2v) is 2.81. The standard InChI is InChI=1S/C8H11N5/c1-13-4-2-7(3-5-13)8-11-9-6-10-12-8/h2-5H,6,9H2,1H3/q+1. The highest BCUT2D eigenvalue weighted by Gasteiger charge is 2.10. The molecule has 0 aromatic rings. The summed E-state index contributed by atoms with van der Waals surface area (Å²) in [7, 11) is 1.97. The molecule has 0 bridgehead atoms. The van der Waals surface area contributed by atoms with Crippen molar-refractivity contribution in [2.75, 3.05) is 13.7 Å². The van der Waals surface area contributed by atoms with Crippen molar-refractivity contribution in [1.29, 1.82) is 0 Å². The van der Waals surface area contributed by atoms with Crippen LogP contribution in [0.15, 0.2) is 46.2 Å². The maximum absolute atomic E-state index is 4.15. The quantitative estimate of drug-likeness (QED) is 0.506. The van der Waals surface area contributed by atoms with Crippen LogP contribution in [0.1, 0.15) is 0 Å². The van der Waals surface area contributed by atoms with Crippen LogP contribution in [-0.4, -0.2) is 18.6 Å². The summed E-state index contributed by atoms with van der Waals surface area (Å²) in [4.78, 5) is 1.97. The molecule has 0 saturated heterocycles. The van der Waals surface area contributed by atoms with Crippen LogP contribution in [0.4, 0.5) is 0 Å². The fourth-order valence-corrected chi connectivity index (χ4v) is 1.08. The number of nitrogens with two attached hydrogens (primary N) is 1. The highest BCUT2D eigenvalue weighted by Crippen LogP contribution is 2.12. The van der Waals surface area contributed by atoms with Crippen molar-refractivity contribution >= 4 is 0 Å². The first-order valence-corrected chi connectivity index (χ1v) is 4.09. The molecule has 0 spiro atoms. The molecule has 0 atom stereocenters. The Bertz CT molecular complexity index is 296. The number of hydrogen-bond donors (Lipinski definition) is 1. The van der Waals surface area contributed by atoms with Crippen LogP contribution >= 0.6 is 0 Å². The van der Waals surface area contributed by atoms with Gasteiger partial charge in [0, 0.05) is 25.0 Å². The molecule has 0 amide bonds. The minimum absolute atomic E-state index is 0.587. The first-order valence-electron chi connectivity index (χ1n) is 4.09. The monoisotopic (exact) mass is 177 g/mol. The Morgan fingerprint density at radius 2 is 2.15 bits per heavy atom. The molecule has 2 rings (SSSR count). The van der Waals surface area contributed by atoms with E-state index in [1.54, 1.807) is 5.43 Å². The Morgan fingerprint density at radius 1 is 1.38 bits per heavy atom. The molecule has 0 unspecified atom stereocenters. The largest absolute Gasteiger partial charge is 0.357 e. The molecule has 5 nitrogen and oxygen atoms in total. The highest BCUT2D eigenvalue weighted by atomic mass is 15.5. The van der Waals surface area contributed by atoms with Gasteiger partial charge in [-0.2, -0.15) is 5.43 Å². The molecule has 13 heavy (non-hydrogen) atoms. The minimum atomic E-state index is 0.587. The molecule has 0 aliphatic carbocycles. The van der Waals surface area contributed by atoms with Gasteiger partial charge in [0.15, 0.2) is 0 Å². The smallest absolute Gasteiger partial charge is 0.235 e. The SMILES string of the molecule is CN1C=CC(=C2[N][NH2+]CN=N2)C=C1. The maximum Gasteiger partial charge on any atom is 0.235 e. The van der Waals surface area contributed by atoms with Crippen molar-refractivity contribution < 1.29 is 5.43 Å². The lowest BCUT2D eigenvalue weighted by atomic mass is 10.2. The first kappa shape index (κ1) is 8.00. The highest BCUT2D eigenvalue weighted by molar-refractivity contribution is 5.36. The van der Waals surface area contributed by atoms with Gasteiger partial charge in [0.1, 0.15) is 0 Å². The van der Waals surface area contributed by atoms with Crippen LogP contribution in [0.2, 0.25) is 0 Å². The summed E-state index contributed by atoms with van der Waals surface area (Å²) in [5.74, 6) is 0.687. The van der Waals surface area contributed by atoms with Crippen LogP contribution in [0.5, 0.6) is 0 Å². The van der Waals surface area contributed by atoms with Crippen molar-refractivity contribution in [2.45, 2.75) is 0 Å². The average Bonchev–Trinajstić information content (AvgIpc) is 2.20. The van der Waals surface area contributed by atoms with Crippen molar-refractivity contribution in [3.05, 3.63) is 35.9 Å². The van der Waals surface area contributed by atoms with Gasteiger partial charge in [-0.3, -0.25) is 0 Å².